The van der Waals surface area contributed by atoms with E-state index < -0.39 is 11.9 Å². The minimum atomic E-state index is -4.49. The van der Waals surface area contributed by atoms with E-state index in [9.17, 15) is 13.2 Å². The largest absolute Gasteiger partial charge is 0.433 e. The summed E-state index contributed by atoms with van der Waals surface area (Å²) in [6.45, 7) is 2.73. The molecule has 1 aliphatic rings. The molecule has 1 N–H and O–H groups in total. The fourth-order valence-corrected chi connectivity index (χ4v) is 2.19. The van der Waals surface area contributed by atoms with Gasteiger partial charge in [0.1, 0.15) is 12.1 Å². The fourth-order valence-electron chi connectivity index (χ4n) is 2.19. The average Bonchev–Trinajstić information content (AvgIpc) is 3.02. The number of nitrogens with zero attached hydrogens (tertiary/aromatic N) is 4. The van der Waals surface area contributed by atoms with Crippen LogP contribution in [-0.4, -0.2) is 26.1 Å². The van der Waals surface area contributed by atoms with E-state index in [2.05, 4.69) is 27.3 Å². The molecule has 0 bridgehead atoms. The second-order valence-electron chi connectivity index (χ2n) is 5.20. The Morgan fingerprint density at radius 2 is 2.15 bits per heavy atom. The van der Waals surface area contributed by atoms with Crippen LogP contribution in [0.25, 0.3) is 5.78 Å². The number of rotatable bonds is 4. The van der Waals surface area contributed by atoms with Crippen molar-refractivity contribution in [2.24, 2.45) is 5.41 Å². The third-order valence-electron chi connectivity index (χ3n) is 3.89. The van der Waals surface area contributed by atoms with Crippen molar-refractivity contribution in [1.29, 1.82) is 0 Å². The molecular formula is C12H14F3N5. The van der Waals surface area contributed by atoms with Crippen LogP contribution in [0.4, 0.5) is 19.0 Å². The summed E-state index contributed by atoms with van der Waals surface area (Å²) in [6.07, 6.45) is -0.0767. The second kappa shape index (κ2) is 4.32. The van der Waals surface area contributed by atoms with E-state index in [4.69, 9.17) is 0 Å². The quantitative estimate of drug-likeness (QED) is 0.938. The van der Waals surface area contributed by atoms with Gasteiger partial charge in [0.15, 0.2) is 5.69 Å². The van der Waals surface area contributed by atoms with Gasteiger partial charge >= 0.3 is 6.18 Å². The topological polar surface area (TPSA) is 55.1 Å². The van der Waals surface area contributed by atoms with Crippen LogP contribution < -0.4 is 5.32 Å². The molecular weight excluding hydrogens is 271 g/mol. The van der Waals surface area contributed by atoms with Gasteiger partial charge in [-0.3, -0.25) is 0 Å². The molecule has 0 atom stereocenters. The molecule has 2 aromatic rings. The highest BCUT2D eigenvalue weighted by molar-refractivity contribution is 5.46. The summed E-state index contributed by atoms with van der Waals surface area (Å²) in [7, 11) is 0. The number of nitrogens with one attached hydrogen (secondary N) is 1. The highest BCUT2D eigenvalue weighted by Crippen LogP contribution is 2.48. The monoisotopic (exact) mass is 285 g/mol. The normalized spacial score (nSPS) is 17.4. The first-order chi connectivity index (χ1) is 9.43. The SMILES string of the molecule is CCC1(CNc2cc(C(F)(F)F)nc3ncnn23)CC1. The minimum Gasteiger partial charge on any atom is -0.369 e. The van der Waals surface area contributed by atoms with E-state index in [-0.39, 0.29) is 17.0 Å². The van der Waals surface area contributed by atoms with Gasteiger partial charge in [-0.15, -0.1) is 0 Å². The molecule has 0 amide bonds. The summed E-state index contributed by atoms with van der Waals surface area (Å²) < 4.78 is 39.7. The lowest BCUT2D eigenvalue weighted by Crippen LogP contribution is -2.18. The molecule has 0 unspecified atom stereocenters. The maximum atomic E-state index is 12.8. The zero-order valence-electron chi connectivity index (χ0n) is 10.9. The lowest BCUT2D eigenvalue weighted by molar-refractivity contribution is -0.141. The maximum absolute atomic E-state index is 12.8. The van der Waals surface area contributed by atoms with Crippen molar-refractivity contribution in [3.63, 3.8) is 0 Å². The number of hydrogen-bond acceptors (Lipinski definition) is 4. The first-order valence-corrected chi connectivity index (χ1v) is 6.45. The Kier molecular flexibility index (Phi) is 2.84. The molecule has 0 aliphatic heterocycles. The highest BCUT2D eigenvalue weighted by atomic mass is 19.4. The van der Waals surface area contributed by atoms with E-state index in [1.807, 2.05) is 0 Å². The van der Waals surface area contributed by atoms with Crippen LogP contribution in [0.1, 0.15) is 31.9 Å². The Morgan fingerprint density at radius 3 is 2.75 bits per heavy atom. The van der Waals surface area contributed by atoms with E-state index in [1.165, 1.54) is 10.8 Å². The van der Waals surface area contributed by atoms with E-state index in [0.29, 0.717) is 6.54 Å². The Balaban J connectivity index is 1.93. The third kappa shape index (κ3) is 2.30. The van der Waals surface area contributed by atoms with Gasteiger partial charge in [-0.1, -0.05) is 6.92 Å². The molecule has 1 fully saturated rings. The van der Waals surface area contributed by atoms with Crippen LogP contribution in [0.2, 0.25) is 0 Å². The number of anilines is 1. The van der Waals surface area contributed by atoms with Crippen LogP contribution >= 0.6 is 0 Å². The number of fused-ring (bicyclic) bond motifs is 1. The van der Waals surface area contributed by atoms with Gasteiger partial charge in [0, 0.05) is 12.6 Å². The highest BCUT2D eigenvalue weighted by Gasteiger charge is 2.40. The fraction of sp³-hybridized carbons (Fsp3) is 0.583. The zero-order chi connectivity index (χ0) is 14.4. The van der Waals surface area contributed by atoms with Crippen LogP contribution in [-0.2, 0) is 6.18 Å². The Morgan fingerprint density at radius 1 is 1.40 bits per heavy atom. The molecule has 3 rings (SSSR count). The predicted molar refractivity (Wildman–Crippen MR) is 66.2 cm³/mol. The molecule has 0 aromatic carbocycles. The van der Waals surface area contributed by atoms with Crippen LogP contribution in [0.15, 0.2) is 12.4 Å². The van der Waals surface area contributed by atoms with Gasteiger partial charge in [0.25, 0.3) is 5.78 Å². The first-order valence-electron chi connectivity index (χ1n) is 6.45. The molecule has 1 aliphatic carbocycles. The zero-order valence-corrected chi connectivity index (χ0v) is 10.9. The summed E-state index contributed by atoms with van der Waals surface area (Å²) in [5.74, 6) is 0.225. The van der Waals surface area contributed by atoms with Gasteiger partial charge in [-0.2, -0.15) is 27.8 Å². The number of aromatic nitrogens is 4. The minimum absolute atomic E-state index is 0.0522. The second-order valence-corrected chi connectivity index (χ2v) is 5.20. The average molecular weight is 285 g/mol. The summed E-state index contributed by atoms with van der Waals surface area (Å²) in [5.41, 5.74) is -0.740. The summed E-state index contributed by atoms with van der Waals surface area (Å²) in [6, 6.07) is 0.980. The number of hydrogen-bond donors (Lipinski definition) is 1. The number of halogens is 3. The molecule has 0 saturated heterocycles. The third-order valence-corrected chi connectivity index (χ3v) is 3.89. The number of alkyl halides is 3. The first kappa shape index (κ1) is 13.1. The van der Waals surface area contributed by atoms with Crippen LogP contribution in [0.5, 0.6) is 0 Å². The molecule has 0 spiro atoms. The van der Waals surface area contributed by atoms with Crippen LogP contribution in [0.3, 0.4) is 0 Å². The lowest BCUT2D eigenvalue weighted by Gasteiger charge is -2.16. The Hall–Kier alpha value is -1.86. The van der Waals surface area contributed by atoms with Crippen molar-refractivity contribution in [2.45, 2.75) is 32.4 Å². The molecule has 1 saturated carbocycles. The molecule has 0 radical (unpaired) electrons. The van der Waals surface area contributed by atoms with Crippen LogP contribution in [0, 0.1) is 5.41 Å². The molecule has 5 nitrogen and oxygen atoms in total. The maximum Gasteiger partial charge on any atom is 0.433 e. The van der Waals surface area contributed by atoms with Crippen molar-refractivity contribution >= 4 is 11.6 Å². The van der Waals surface area contributed by atoms with Gasteiger partial charge < -0.3 is 5.32 Å². The van der Waals surface area contributed by atoms with Crippen molar-refractivity contribution in [3.8, 4) is 0 Å². The Labute approximate surface area is 113 Å². The van der Waals surface area contributed by atoms with Gasteiger partial charge in [0.2, 0.25) is 0 Å². The smallest absolute Gasteiger partial charge is 0.369 e. The molecule has 2 heterocycles. The van der Waals surface area contributed by atoms with Gasteiger partial charge in [-0.05, 0) is 24.7 Å². The van der Waals surface area contributed by atoms with E-state index in [0.717, 1.165) is 25.3 Å². The molecule has 2 aromatic heterocycles. The molecule has 8 heteroatoms. The predicted octanol–water partition coefficient (Wildman–Crippen LogP) is 2.75. The van der Waals surface area contributed by atoms with E-state index in [1.54, 1.807) is 0 Å². The van der Waals surface area contributed by atoms with Gasteiger partial charge in [-0.25, -0.2) is 4.98 Å². The summed E-state index contributed by atoms with van der Waals surface area (Å²) >= 11 is 0. The standard InChI is InChI=1S/C12H14F3N5/c1-2-11(3-4-11)6-16-9-5-8(12(13,14)15)19-10-17-7-18-20(9)10/h5,7,16H,2-4,6H2,1H3. The lowest BCUT2D eigenvalue weighted by atomic mass is 10.0. The Bertz CT molecular complexity index is 630. The van der Waals surface area contributed by atoms with Crippen molar-refractivity contribution in [3.05, 3.63) is 18.1 Å². The van der Waals surface area contributed by atoms with E-state index >= 15 is 0 Å². The summed E-state index contributed by atoms with van der Waals surface area (Å²) in [4.78, 5) is 7.21. The van der Waals surface area contributed by atoms with Crippen molar-refractivity contribution in [1.82, 2.24) is 19.6 Å². The summed E-state index contributed by atoms with van der Waals surface area (Å²) in [5, 5.41) is 6.96. The van der Waals surface area contributed by atoms with Crippen molar-refractivity contribution < 1.29 is 13.2 Å². The van der Waals surface area contributed by atoms with Crippen molar-refractivity contribution in [2.75, 3.05) is 11.9 Å². The molecule has 108 valence electrons. The van der Waals surface area contributed by atoms with Gasteiger partial charge in [0.05, 0.1) is 0 Å². The molecule has 20 heavy (non-hydrogen) atoms.